The van der Waals surface area contributed by atoms with Crippen molar-refractivity contribution in [3.05, 3.63) is 47.7 Å². The van der Waals surface area contributed by atoms with Crippen molar-refractivity contribution in [1.29, 1.82) is 0 Å². The van der Waals surface area contributed by atoms with Gasteiger partial charge in [0.2, 0.25) is 0 Å². The van der Waals surface area contributed by atoms with Gasteiger partial charge in [0, 0.05) is 38.3 Å². The van der Waals surface area contributed by atoms with Crippen molar-refractivity contribution in [3.8, 4) is 11.3 Å². The number of furan rings is 1. The van der Waals surface area contributed by atoms with E-state index >= 15 is 0 Å². The minimum Gasteiger partial charge on any atom is -0.461 e. The summed E-state index contributed by atoms with van der Waals surface area (Å²) >= 11 is 0. The largest absolute Gasteiger partial charge is 0.461 e. The van der Waals surface area contributed by atoms with E-state index in [9.17, 15) is 14.4 Å². The summed E-state index contributed by atoms with van der Waals surface area (Å²) in [5.41, 5.74) is 0.702. The number of likely N-dealkylation sites (tertiary alicyclic amines) is 1. The number of carbonyl (C=O) groups excluding carboxylic acids is 3. The zero-order valence-electron chi connectivity index (χ0n) is 16.3. The molecular formula is C21H23N3O4. The monoisotopic (exact) mass is 381 g/mol. The molecular weight excluding hydrogens is 358 g/mol. The Bertz CT molecular complexity index is 939. The third-order valence-electron chi connectivity index (χ3n) is 5.95. The van der Waals surface area contributed by atoms with E-state index in [0.29, 0.717) is 31.5 Å². The molecule has 1 aromatic heterocycles. The van der Waals surface area contributed by atoms with Crippen molar-refractivity contribution >= 4 is 17.8 Å². The average molecular weight is 381 g/mol. The summed E-state index contributed by atoms with van der Waals surface area (Å²) in [5, 5.41) is 0. The van der Waals surface area contributed by atoms with Crippen LogP contribution in [0.2, 0.25) is 0 Å². The molecule has 146 valence electrons. The second kappa shape index (κ2) is 6.51. The third kappa shape index (κ3) is 2.69. The maximum Gasteiger partial charge on any atom is 0.327 e. The molecule has 3 heterocycles. The van der Waals surface area contributed by atoms with Crippen LogP contribution in [0.25, 0.3) is 11.3 Å². The molecule has 2 aliphatic rings. The van der Waals surface area contributed by atoms with Crippen LogP contribution in [0.4, 0.5) is 4.79 Å². The number of piperidine rings is 1. The number of aryl methyl sites for hydroxylation is 1. The van der Waals surface area contributed by atoms with Gasteiger partial charge in [-0.2, -0.15) is 0 Å². The Balaban J connectivity index is 1.46. The van der Waals surface area contributed by atoms with Gasteiger partial charge in [-0.15, -0.1) is 0 Å². The van der Waals surface area contributed by atoms with Crippen LogP contribution >= 0.6 is 0 Å². The normalized spacial score (nSPS) is 19.0. The van der Waals surface area contributed by atoms with Crippen LogP contribution < -0.4 is 0 Å². The van der Waals surface area contributed by atoms with Crippen LogP contribution in [0.5, 0.6) is 0 Å². The number of nitrogens with zero attached hydrogens (tertiary/aromatic N) is 3. The van der Waals surface area contributed by atoms with E-state index in [2.05, 4.69) is 0 Å². The van der Waals surface area contributed by atoms with E-state index in [0.717, 1.165) is 17.1 Å². The fraction of sp³-hybridized carbons (Fsp3) is 0.381. The highest BCUT2D eigenvalue weighted by Crippen LogP contribution is 2.35. The highest BCUT2D eigenvalue weighted by molar-refractivity contribution is 6.07. The molecule has 2 aliphatic heterocycles. The van der Waals surface area contributed by atoms with Gasteiger partial charge in [0.15, 0.2) is 0 Å². The summed E-state index contributed by atoms with van der Waals surface area (Å²) in [4.78, 5) is 42.0. The first-order valence-electron chi connectivity index (χ1n) is 9.35. The van der Waals surface area contributed by atoms with Gasteiger partial charge in [-0.1, -0.05) is 12.1 Å². The maximum atomic E-state index is 12.9. The fourth-order valence-corrected chi connectivity index (χ4v) is 4.13. The molecule has 7 nitrogen and oxygen atoms in total. The Morgan fingerprint density at radius 1 is 1.00 bits per heavy atom. The van der Waals surface area contributed by atoms with Crippen LogP contribution in [0, 0.1) is 6.92 Å². The predicted octanol–water partition coefficient (Wildman–Crippen LogP) is 2.75. The van der Waals surface area contributed by atoms with Crippen molar-refractivity contribution in [3.63, 3.8) is 0 Å². The van der Waals surface area contributed by atoms with Crippen molar-refractivity contribution in [2.24, 2.45) is 0 Å². The molecule has 0 unspecified atom stereocenters. The van der Waals surface area contributed by atoms with Crippen LogP contribution in [0.3, 0.4) is 0 Å². The molecule has 0 bridgehead atoms. The molecule has 4 amide bonds. The summed E-state index contributed by atoms with van der Waals surface area (Å²) in [6.45, 7) is 2.77. The molecule has 2 aromatic rings. The van der Waals surface area contributed by atoms with Gasteiger partial charge < -0.3 is 14.2 Å². The Labute approximate surface area is 163 Å². The van der Waals surface area contributed by atoms with Crippen LogP contribution in [0.15, 0.2) is 40.8 Å². The van der Waals surface area contributed by atoms with Crippen molar-refractivity contribution < 1.29 is 18.8 Å². The number of amides is 4. The lowest BCUT2D eigenvalue weighted by Gasteiger charge is -2.40. The number of hydrogen-bond acceptors (Lipinski definition) is 4. The SMILES string of the molecule is Cc1ccc(-c2ccc(C(=O)N3CCC4(CC3)C(=O)N(C)C(=O)N4C)cc2)o1. The Morgan fingerprint density at radius 2 is 1.64 bits per heavy atom. The third-order valence-corrected chi connectivity index (χ3v) is 5.95. The van der Waals surface area contributed by atoms with Crippen LogP contribution in [-0.2, 0) is 4.79 Å². The first kappa shape index (κ1) is 18.3. The smallest absolute Gasteiger partial charge is 0.327 e. The molecule has 0 N–H and O–H groups in total. The lowest BCUT2D eigenvalue weighted by Crippen LogP contribution is -2.56. The molecule has 1 aromatic carbocycles. The minimum atomic E-state index is -0.816. The molecule has 28 heavy (non-hydrogen) atoms. The van der Waals surface area contributed by atoms with Crippen molar-refractivity contribution in [1.82, 2.24) is 14.7 Å². The van der Waals surface area contributed by atoms with E-state index in [1.54, 1.807) is 24.1 Å². The van der Waals surface area contributed by atoms with E-state index in [1.807, 2.05) is 31.2 Å². The summed E-state index contributed by atoms with van der Waals surface area (Å²) in [6.07, 6.45) is 0.905. The summed E-state index contributed by atoms with van der Waals surface area (Å²) in [7, 11) is 3.17. The van der Waals surface area contributed by atoms with Gasteiger partial charge in [-0.25, -0.2) is 4.79 Å². The fourth-order valence-electron chi connectivity index (χ4n) is 4.13. The number of urea groups is 1. The lowest BCUT2D eigenvalue weighted by molar-refractivity contribution is -0.134. The maximum absolute atomic E-state index is 12.9. The molecule has 7 heteroatoms. The first-order valence-corrected chi connectivity index (χ1v) is 9.35. The minimum absolute atomic E-state index is 0.0650. The number of hydrogen-bond donors (Lipinski definition) is 0. The van der Waals surface area contributed by atoms with Crippen LogP contribution in [-0.4, -0.2) is 65.3 Å². The first-order chi connectivity index (χ1) is 13.3. The van der Waals surface area contributed by atoms with E-state index < -0.39 is 5.54 Å². The molecule has 4 rings (SSSR count). The average Bonchev–Trinajstić information content (AvgIpc) is 3.22. The summed E-state index contributed by atoms with van der Waals surface area (Å²) in [5.74, 6) is 1.37. The molecule has 0 saturated carbocycles. The Morgan fingerprint density at radius 3 is 2.14 bits per heavy atom. The molecule has 1 spiro atoms. The zero-order chi connectivity index (χ0) is 20.1. The molecule has 0 aliphatic carbocycles. The van der Waals surface area contributed by atoms with Crippen LogP contribution in [0.1, 0.15) is 29.0 Å². The quantitative estimate of drug-likeness (QED) is 0.750. The van der Waals surface area contributed by atoms with Gasteiger partial charge in [0.25, 0.3) is 11.8 Å². The van der Waals surface area contributed by atoms with E-state index in [1.165, 1.54) is 16.8 Å². The topological polar surface area (TPSA) is 74.1 Å². The predicted molar refractivity (Wildman–Crippen MR) is 103 cm³/mol. The van der Waals surface area contributed by atoms with Crippen molar-refractivity contribution in [2.45, 2.75) is 25.3 Å². The zero-order valence-corrected chi connectivity index (χ0v) is 16.3. The van der Waals surface area contributed by atoms with E-state index in [-0.39, 0.29) is 17.8 Å². The van der Waals surface area contributed by atoms with E-state index in [4.69, 9.17) is 4.42 Å². The second-order valence-corrected chi connectivity index (χ2v) is 7.52. The molecule has 2 fully saturated rings. The molecule has 0 atom stereocenters. The number of benzene rings is 1. The standard InChI is InChI=1S/C21H23N3O4/c1-14-4-9-17(28-14)15-5-7-16(8-6-15)18(25)24-12-10-21(11-13-24)19(26)22(2)20(27)23(21)3/h4-9H,10-13H2,1-3H3. The van der Waals surface area contributed by atoms with Gasteiger partial charge in [0.1, 0.15) is 17.1 Å². The molecule has 0 radical (unpaired) electrons. The van der Waals surface area contributed by atoms with Gasteiger partial charge in [-0.05, 0) is 44.0 Å². The van der Waals surface area contributed by atoms with Gasteiger partial charge in [-0.3, -0.25) is 14.5 Å². The Hall–Kier alpha value is -3.09. The summed E-state index contributed by atoms with van der Waals surface area (Å²) in [6, 6.07) is 10.9. The summed E-state index contributed by atoms with van der Waals surface area (Å²) < 4.78 is 5.61. The van der Waals surface area contributed by atoms with Crippen molar-refractivity contribution in [2.75, 3.05) is 27.2 Å². The number of imide groups is 1. The second-order valence-electron chi connectivity index (χ2n) is 7.52. The highest BCUT2D eigenvalue weighted by Gasteiger charge is 2.55. The van der Waals surface area contributed by atoms with Gasteiger partial charge in [0.05, 0.1) is 0 Å². The van der Waals surface area contributed by atoms with Gasteiger partial charge >= 0.3 is 6.03 Å². The lowest BCUT2D eigenvalue weighted by atomic mass is 9.86. The molecule has 2 saturated heterocycles. The highest BCUT2D eigenvalue weighted by atomic mass is 16.3. The number of rotatable bonds is 2. The number of carbonyl (C=O) groups is 3. The number of likely N-dealkylation sites (N-methyl/N-ethyl adjacent to an activating group) is 2. The Kier molecular flexibility index (Phi) is 4.25.